The molecule has 0 radical (unpaired) electrons. The first-order valence-electron chi connectivity index (χ1n) is 6.52. The number of rotatable bonds is 2. The second-order valence-corrected chi connectivity index (χ2v) is 5.59. The first-order valence-corrected chi connectivity index (χ1v) is 7.40. The number of carbonyl (C=O) groups excluding carboxylic acids is 1. The third-order valence-electron chi connectivity index (χ3n) is 3.09. The maximum atomic E-state index is 12.4. The number of para-hydroxylation sites is 1. The second-order valence-electron chi connectivity index (χ2n) is 4.52. The summed E-state index contributed by atoms with van der Waals surface area (Å²) in [5.41, 5.74) is 0.897. The van der Waals surface area contributed by atoms with Gasteiger partial charge in [-0.1, -0.05) is 23.9 Å². The van der Waals surface area contributed by atoms with Gasteiger partial charge >= 0.3 is 5.97 Å². The summed E-state index contributed by atoms with van der Waals surface area (Å²) >= 11 is 1.19. The molecule has 0 amide bonds. The minimum Gasteiger partial charge on any atom is -0.465 e. The van der Waals surface area contributed by atoms with Crippen LogP contribution in [-0.2, 0) is 9.53 Å². The Morgan fingerprint density at radius 3 is 2.95 bits per heavy atom. The van der Waals surface area contributed by atoms with Crippen molar-refractivity contribution in [3.8, 4) is 0 Å². The molecule has 0 saturated heterocycles. The van der Waals surface area contributed by atoms with Gasteiger partial charge in [0.2, 0.25) is 0 Å². The molecule has 1 aliphatic rings. The standard InChI is InChI=1S/C14H13N3O3S/c1-3-20-13(19)11-8(2)16-17-12(18)9-6-4-5-7-10(9)15-14(17)21-11/h4-7,11H,3H2,1-2H3/t11-/m0/s1. The van der Waals surface area contributed by atoms with E-state index in [2.05, 4.69) is 10.1 Å². The van der Waals surface area contributed by atoms with Crippen molar-refractivity contribution in [2.45, 2.75) is 24.3 Å². The quantitative estimate of drug-likeness (QED) is 0.623. The minimum atomic E-state index is -0.557. The summed E-state index contributed by atoms with van der Waals surface area (Å²) in [6.07, 6.45) is 0. The van der Waals surface area contributed by atoms with Crippen LogP contribution in [0.3, 0.4) is 0 Å². The molecule has 1 aliphatic heterocycles. The highest BCUT2D eigenvalue weighted by Crippen LogP contribution is 2.28. The van der Waals surface area contributed by atoms with E-state index in [9.17, 15) is 9.59 Å². The number of esters is 1. The van der Waals surface area contributed by atoms with Gasteiger partial charge in [-0.3, -0.25) is 9.59 Å². The first kappa shape index (κ1) is 13.8. The first-order chi connectivity index (χ1) is 10.1. The van der Waals surface area contributed by atoms with Crippen molar-refractivity contribution in [1.29, 1.82) is 0 Å². The Labute approximate surface area is 124 Å². The lowest BCUT2D eigenvalue weighted by atomic mass is 10.2. The maximum Gasteiger partial charge on any atom is 0.325 e. The number of nitrogens with zero attached hydrogens (tertiary/aromatic N) is 3. The average Bonchev–Trinajstić information content (AvgIpc) is 2.48. The summed E-state index contributed by atoms with van der Waals surface area (Å²) < 4.78 is 6.28. The molecule has 2 heterocycles. The molecule has 0 fully saturated rings. The lowest BCUT2D eigenvalue weighted by molar-refractivity contribution is -0.141. The van der Waals surface area contributed by atoms with Crippen LogP contribution in [0.15, 0.2) is 39.3 Å². The van der Waals surface area contributed by atoms with E-state index in [0.717, 1.165) is 0 Å². The molecule has 2 aromatic rings. The normalized spacial score (nSPS) is 17.2. The number of carbonyl (C=O) groups is 1. The molecule has 0 bridgehead atoms. The van der Waals surface area contributed by atoms with Crippen molar-refractivity contribution in [3.63, 3.8) is 0 Å². The Morgan fingerprint density at radius 1 is 1.43 bits per heavy atom. The van der Waals surface area contributed by atoms with Crippen molar-refractivity contribution in [1.82, 2.24) is 9.66 Å². The van der Waals surface area contributed by atoms with Gasteiger partial charge in [0.15, 0.2) is 5.16 Å². The van der Waals surface area contributed by atoms with Crippen LogP contribution in [-0.4, -0.2) is 33.2 Å². The third-order valence-corrected chi connectivity index (χ3v) is 4.33. The fourth-order valence-electron chi connectivity index (χ4n) is 2.11. The minimum absolute atomic E-state index is 0.232. The molecule has 0 aliphatic carbocycles. The summed E-state index contributed by atoms with van der Waals surface area (Å²) in [5, 5.41) is 4.57. The average molecular weight is 303 g/mol. The molecular formula is C14H13N3O3S. The van der Waals surface area contributed by atoms with E-state index in [0.29, 0.717) is 28.4 Å². The molecular weight excluding hydrogens is 290 g/mol. The fourth-order valence-corrected chi connectivity index (χ4v) is 3.07. The van der Waals surface area contributed by atoms with Crippen LogP contribution in [0.1, 0.15) is 13.8 Å². The van der Waals surface area contributed by atoms with E-state index in [4.69, 9.17) is 4.74 Å². The molecule has 6 nitrogen and oxygen atoms in total. The SMILES string of the molecule is CCOC(=O)[C@H]1Sc2nc3ccccc3c(=O)n2N=C1C. The lowest BCUT2D eigenvalue weighted by Gasteiger charge is -2.20. The smallest absolute Gasteiger partial charge is 0.325 e. The Morgan fingerprint density at radius 2 is 2.19 bits per heavy atom. The zero-order chi connectivity index (χ0) is 15.0. The topological polar surface area (TPSA) is 73.5 Å². The van der Waals surface area contributed by atoms with Crippen LogP contribution in [0.2, 0.25) is 0 Å². The van der Waals surface area contributed by atoms with Gasteiger partial charge < -0.3 is 4.74 Å². The highest BCUT2D eigenvalue weighted by molar-refractivity contribution is 8.01. The maximum absolute atomic E-state index is 12.4. The van der Waals surface area contributed by atoms with E-state index in [1.54, 1.807) is 32.0 Å². The van der Waals surface area contributed by atoms with Gasteiger partial charge in [0.1, 0.15) is 5.25 Å². The number of hydrogen-bond donors (Lipinski definition) is 0. The Bertz CT molecular complexity index is 813. The predicted molar refractivity (Wildman–Crippen MR) is 80.8 cm³/mol. The molecule has 0 saturated carbocycles. The Hall–Kier alpha value is -2.15. The summed E-state index contributed by atoms with van der Waals surface area (Å²) in [4.78, 5) is 28.7. The largest absolute Gasteiger partial charge is 0.465 e. The van der Waals surface area contributed by atoms with Crippen molar-refractivity contribution in [2.75, 3.05) is 6.61 Å². The zero-order valence-electron chi connectivity index (χ0n) is 11.6. The summed E-state index contributed by atoms with van der Waals surface area (Å²) in [7, 11) is 0. The number of fused-ring (bicyclic) bond motifs is 2. The number of hydrogen-bond acceptors (Lipinski definition) is 6. The summed E-state index contributed by atoms with van der Waals surface area (Å²) in [5.74, 6) is -0.364. The van der Waals surface area contributed by atoms with Crippen LogP contribution >= 0.6 is 11.8 Å². The van der Waals surface area contributed by atoms with Gasteiger partial charge in [0.25, 0.3) is 5.56 Å². The highest BCUT2D eigenvalue weighted by Gasteiger charge is 2.31. The van der Waals surface area contributed by atoms with Crippen molar-refractivity contribution < 1.29 is 9.53 Å². The second kappa shape index (κ2) is 5.33. The molecule has 0 N–H and O–H groups in total. The van der Waals surface area contributed by atoms with Gasteiger partial charge in [-0.15, -0.1) is 0 Å². The number of benzene rings is 1. The van der Waals surface area contributed by atoms with Gasteiger partial charge in [0.05, 0.1) is 23.2 Å². The Balaban J connectivity index is 2.13. The van der Waals surface area contributed by atoms with Crippen molar-refractivity contribution >= 4 is 34.3 Å². The molecule has 7 heteroatoms. The van der Waals surface area contributed by atoms with Gasteiger partial charge in [-0.2, -0.15) is 9.78 Å². The molecule has 1 aromatic heterocycles. The van der Waals surface area contributed by atoms with E-state index in [-0.39, 0.29) is 11.5 Å². The van der Waals surface area contributed by atoms with Crippen LogP contribution in [0.25, 0.3) is 10.9 Å². The predicted octanol–water partition coefficient (Wildman–Crippen LogP) is 1.66. The fraction of sp³-hybridized carbons (Fsp3) is 0.286. The molecule has 1 aromatic carbocycles. The van der Waals surface area contributed by atoms with Crippen molar-refractivity contribution in [3.05, 3.63) is 34.6 Å². The van der Waals surface area contributed by atoms with E-state index >= 15 is 0 Å². The summed E-state index contributed by atoms with van der Waals surface area (Å²) in [6.45, 7) is 3.77. The van der Waals surface area contributed by atoms with Crippen LogP contribution in [0.5, 0.6) is 0 Å². The van der Waals surface area contributed by atoms with Gasteiger partial charge in [0, 0.05) is 0 Å². The number of aromatic nitrogens is 2. The monoisotopic (exact) mass is 303 g/mol. The number of ether oxygens (including phenoxy) is 1. The lowest BCUT2D eigenvalue weighted by Crippen LogP contribution is -2.34. The third kappa shape index (κ3) is 2.33. The van der Waals surface area contributed by atoms with Crippen molar-refractivity contribution in [2.24, 2.45) is 5.10 Å². The van der Waals surface area contributed by atoms with Crippen LogP contribution < -0.4 is 5.56 Å². The number of thioether (sulfide) groups is 1. The molecule has 3 rings (SSSR count). The van der Waals surface area contributed by atoms with Gasteiger partial charge in [-0.05, 0) is 26.0 Å². The van der Waals surface area contributed by atoms with Gasteiger partial charge in [-0.25, -0.2) is 4.98 Å². The molecule has 21 heavy (non-hydrogen) atoms. The molecule has 0 spiro atoms. The van der Waals surface area contributed by atoms with Crippen LogP contribution in [0.4, 0.5) is 0 Å². The van der Waals surface area contributed by atoms with Crippen LogP contribution in [0, 0.1) is 0 Å². The highest BCUT2D eigenvalue weighted by atomic mass is 32.2. The molecule has 0 unspecified atom stereocenters. The molecule has 1 atom stereocenters. The molecule has 108 valence electrons. The van der Waals surface area contributed by atoms with E-state index in [1.165, 1.54) is 16.4 Å². The van der Waals surface area contributed by atoms with E-state index in [1.807, 2.05) is 6.07 Å². The Kier molecular flexibility index (Phi) is 3.50. The zero-order valence-corrected chi connectivity index (χ0v) is 12.4. The summed E-state index contributed by atoms with van der Waals surface area (Å²) in [6, 6.07) is 7.08. The van der Waals surface area contributed by atoms with E-state index < -0.39 is 5.25 Å².